The lowest BCUT2D eigenvalue weighted by Crippen LogP contribution is -2.18. The van der Waals surface area contributed by atoms with E-state index in [0.29, 0.717) is 5.01 Å². The molecule has 1 N–H and O–H groups in total. The number of hydrogen-bond acceptors (Lipinski definition) is 7. The van der Waals surface area contributed by atoms with Gasteiger partial charge in [-0.15, -0.1) is 0 Å². The van der Waals surface area contributed by atoms with E-state index in [1.165, 1.54) is 43.4 Å². The van der Waals surface area contributed by atoms with Gasteiger partial charge in [-0.05, 0) is 12.3 Å². The summed E-state index contributed by atoms with van der Waals surface area (Å²) in [5.74, 6) is -0.0680. The predicted octanol–water partition coefficient (Wildman–Crippen LogP) is 2.67. The molecule has 1 aliphatic rings. The number of fused-ring (bicyclic) bond motifs is 1. The van der Waals surface area contributed by atoms with Gasteiger partial charge in [-0.25, -0.2) is 0 Å². The number of nitro groups is 1. The zero-order chi connectivity index (χ0) is 16.4. The van der Waals surface area contributed by atoms with Crippen molar-refractivity contribution in [2.24, 2.45) is 5.92 Å². The maximum Gasteiger partial charge on any atom is 0.397 e. The van der Waals surface area contributed by atoms with E-state index in [9.17, 15) is 20.0 Å². The summed E-state index contributed by atoms with van der Waals surface area (Å²) in [6.07, 6.45) is 9.39. The zero-order valence-electron chi connectivity index (χ0n) is 12.6. The third-order valence-electron chi connectivity index (χ3n) is 4.32. The quantitative estimate of drug-likeness (QED) is 0.663. The molecule has 0 radical (unpaired) electrons. The summed E-state index contributed by atoms with van der Waals surface area (Å²) in [4.78, 5) is 25.8. The van der Waals surface area contributed by atoms with Gasteiger partial charge < -0.3 is 5.11 Å². The standard InChI is InChI=1S/C14H18N4O4S/c19-12-11(18(21)22)13(20)17-14(15-12)23-10(16-17)8-4-7-9-5-2-1-3-6-9/h9,19H,1-8H2. The van der Waals surface area contributed by atoms with Crippen LogP contribution in [0.2, 0.25) is 0 Å². The van der Waals surface area contributed by atoms with Gasteiger partial charge in [0.2, 0.25) is 4.96 Å². The first-order valence-corrected chi connectivity index (χ1v) is 8.64. The molecule has 1 fully saturated rings. The van der Waals surface area contributed by atoms with Crippen molar-refractivity contribution < 1.29 is 10.0 Å². The largest absolute Gasteiger partial charge is 0.488 e. The summed E-state index contributed by atoms with van der Waals surface area (Å²) >= 11 is 1.19. The molecule has 0 unspecified atom stereocenters. The summed E-state index contributed by atoms with van der Waals surface area (Å²) < 4.78 is 0.915. The molecule has 1 saturated carbocycles. The van der Waals surface area contributed by atoms with Crippen LogP contribution in [0.5, 0.6) is 5.88 Å². The molecular weight excluding hydrogens is 320 g/mol. The second-order valence-electron chi connectivity index (χ2n) is 5.93. The topological polar surface area (TPSA) is 111 Å². The van der Waals surface area contributed by atoms with Crippen LogP contribution in [-0.4, -0.2) is 24.6 Å². The highest BCUT2D eigenvalue weighted by Crippen LogP contribution is 2.28. The zero-order valence-corrected chi connectivity index (χ0v) is 13.4. The average Bonchev–Trinajstić information content (AvgIpc) is 2.91. The van der Waals surface area contributed by atoms with E-state index >= 15 is 0 Å². The van der Waals surface area contributed by atoms with Crippen LogP contribution in [0, 0.1) is 16.0 Å². The third-order valence-corrected chi connectivity index (χ3v) is 5.29. The number of aromatic hydroxyl groups is 1. The van der Waals surface area contributed by atoms with Gasteiger partial charge in [-0.2, -0.15) is 14.6 Å². The molecule has 124 valence electrons. The summed E-state index contributed by atoms with van der Waals surface area (Å²) in [6, 6.07) is 0. The molecule has 0 bridgehead atoms. The number of rotatable bonds is 5. The molecule has 23 heavy (non-hydrogen) atoms. The van der Waals surface area contributed by atoms with E-state index in [1.807, 2.05) is 0 Å². The molecule has 0 saturated heterocycles. The minimum atomic E-state index is -0.938. The van der Waals surface area contributed by atoms with Crippen molar-refractivity contribution in [3.63, 3.8) is 0 Å². The normalized spacial score (nSPS) is 16.0. The maximum atomic E-state index is 12.0. The Kier molecular flexibility index (Phi) is 4.56. The van der Waals surface area contributed by atoms with Crippen LogP contribution in [-0.2, 0) is 6.42 Å². The summed E-state index contributed by atoms with van der Waals surface area (Å²) in [7, 11) is 0. The Morgan fingerprint density at radius 3 is 2.78 bits per heavy atom. The van der Waals surface area contributed by atoms with Crippen LogP contribution < -0.4 is 5.56 Å². The Labute approximate surface area is 135 Å². The molecule has 3 rings (SSSR count). The molecule has 0 atom stereocenters. The molecule has 2 heterocycles. The molecule has 0 aromatic carbocycles. The Balaban J connectivity index is 1.74. The smallest absolute Gasteiger partial charge is 0.397 e. The molecule has 2 aromatic heterocycles. The summed E-state index contributed by atoms with van der Waals surface area (Å²) in [6.45, 7) is 0. The van der Waals surface area contributed by atoms with E-state index in [-0.39, 0.29) is 4.96 Å². The highest BCUT2D eigenvalue weighted by molar-refractivity contribution is 7.16. The molecular formula is C14H18N4O4S. The maximum absolute atomic E-state index is 12.0. The van der Waals surface area contributed by atoms with Gasteiger partial charge in [0, 0.05) is 6.42 Å². The highest BCUT2D eigenvalue weighted by Gasteiger charge is 2.25. The molecule has 1 aliphatic carbocycles. The SMILES string of the molecule is O=c1c([N+](=O)[O-])c(O)nc2sc(CCCC3CCCCC3)nn12. The van der Waals surface area contributed by atoms with Gasteiger partial charge in [-0.3, -0.25) is 14.9 Å². The number of aromatic nitrogens is 3. The number of nitrogens with zero attached hydrogens (tertiary/aromatic N) is 4. The van der Waals surface area contributed by atoms with Crippen molar-refractivity contribution in [1.82, 2.24) is 14.6 Å². The van der Waals surface area contributed by atoms with Gasteiger partial charge in [0.25, 0.3) is 0 Å². The average molecular weight is 338 g/mol. The van der Waals surface area contributed by atoms with Crippen molar-refractivity contribution >= 4 is 22.0 Å². The number of aryl methyl sites for hydroxylation is 1. The van der Waals surface area contributed by atoms with Crippen LogP contribution in [0.15, 0.2) is 4.79 Å². The van der Waals surface area contributed by atoms with Crippen molar-refractivity contribution in [1.29, 1.82) is 0 Å². The Bertz CT molecular complexity index is 779. The lowest BCUT2D eigenvalue weighted by atomic mass is 9.86. The van der Waals surface area contributed by atoms with Gasteiger partial charge in [0.1, 0.15) is 5.01 Å². The minimum absolute atomic E-state index is 0.186. The van der Waals surface area contributed by atoms with Crippen molar-refractivity contribution in [2.45, 2.75) is 51.4 Å². The first-order chi connectivity index (χ1) is 11.1. The Hall–Kier alpha value is -2.03. The molecule has 8 nitrogen and oxygen atoms in total. The summed E-state index contributed by atoms with van der Waals surface area (Å²) in [5, 5.41) is 25.2. The predicted molar refractivity (Wildman–Crippen MR) is 85.0 cm³/mol. The third kappa shape index (κ3) is 3.34. The molecule has 0 aliphatic heterocycles. The Morgan fingerprint density at radius 1 is 1.35 bits per heavy atom. The highest BCUT2D eigenvalue weighted by atomic mass is 32.1. The van der Waals surface area contributed by atoms with Crippen LogP contribution >= 0.6 is 11.3 Å². The first kappa shape index (κ1) is 15.9. The fourth-order valence-corrected chi connectivity index (χ4v) is 4.07. The van der Waals surface area contributed by atoms with Crippen LogP contribution in [0.1, 0.15) is 50.0 Å². The van der Waals surface area contributed by atoms with Crippen molar-refractivity contribution in [3.8, 4) is 5.88 Å². The lowest BCUT2D eigenvalue weighted by Gasteiger charge is -2.20. The van der Waals surface area contributed by atoms with Gasteiger partial charge >= 0.3 is 17.1 Å². The van der Waals surface area contributed by atoms with Crippen molar-refractivity contribution in [3.05, 3.63) is 25.5 Å². The molecule has 0 spiro atoms. The lowest BCUT2D eigenvalue weighted by molar-refractivity contribution is -0.387. The van der Waals surface area contributed by atoms with Gasteiger partial charge in [0.15, 0.2) is 0 Å². The van der Waals surface area contributed by atoms with Gasteiger partial charge in [0.05, 0.1) is 4.92 Å². The van der Waals surface area contributed by atoms with Crippen molar-refractivity contribution in [2.75, 3.05) is 0 Å². The van der Waals surface area contributed by atoms with E-state index in [0.717, 1.165) is 29.7 Å². The van der Waals surface area contributed by atoms with Gasteiger partial charge in [-0.1, -0.05) is 49.9 Å². The second-order valence-corrected chi connectivity index (χ2v) is 6.97. The van der Waals surface area contributed by atoms with E-state index in [1.54, 1.807) is 0 Å². The molecule has 9 heteroatoms. The summed E-state index contributed by atoms with van der Waals surface area (Å²) in [5.41, 5.74) is -1.87. The monoisotopic (exact) mass is 338 g/mol. The van der Waals surface area contributed by atoms with Crippen LogP contribution in [0.25, 0.3) is 4.96 Å². The van der Waals surface area contributed by atoms with E-state index in [4.69, 9.17) is 0 Å². The van der Waals surface area contributed by atoms with E-state index in [2.05, 4.69) is 10.1 Å². The van der Waals surface area contributed by atoms with E-state index < -0.39 is 22.0 Å². The second kappa shape index (κ2) is 6.61. The number of hydrogen-bond donors (Lipinski definition) is 1. The molecule has 2 aromatic rings. The van der Waals surface area contributed by atoms with Crippen LogP contribution in [0.3, 0.4) is 0 Å². The fraction of sp³-hybridized carbons (Fsp3) is 0.643. The minimum Gasteiger partial charge on any atom is -0.488 e. The Morgan fingerprint density at radius 2 is 2.09 bits per heavy atom. The fourth-order valence-electron chi connectivity index (χ4n) is 3.14. The first-order valence-electron chi connectivity index (χ1n) is 7.82. The van der Waals surface area contributed by atoms with Crippen LogP contribution in [0.4, 0.5) is 5.69 Å². The molecule has 0 amide bonds.